The van der Waals surface area contributed by atoms with Crippen LogP contribution in [-0.2, 0) is 3.02 Å². The summed E-state index contributed by atoms with van der Waals surface area (Å²) in [6.45, 7) is 0. The average Bonchev–Trinajstić information content (AvgIpc) is 2.26. The Bertz CT molecular complexity index is 641. The first-order valence-electron chi connectivity index (χ1n) is 5.05. The van der Waals surface area contributed by atoms with Crippen molar-refractivity contribution >= 4 is 46.7 Å². The molecule has 28 heavy (non-hydrogen) atoms. The van der Waals surface area contributed by atoms with Gasteiger partial charge in [-0.3, -0.25) is 0 Å². The van der Waals surface area contributed by atoms with Crippen LogP contribution >= 0.6 is 0 Å². The molecule has 164 valence electrons. The van der Waals surface area contributed by atoms with Gasteiger partial charge in [-0.15, -0.1) is 0 Å². The minimum Gasteiger partial charge on any atom is -0.412 e. The number of hydrogen-bond donors (Lipinski definition) is 5. The zero-order chi connectivity index (χ0) is 14.0. The quantitative estimate of drug-likeness (QED) is 0.230. The molecule has 1 aromatic carbocycles. The first kappa shape index (κ1) is 50.5. The van der Waals surface area contributed by atoms with Crippen molar-refractivity contribution in [3.63, 3.8) is 0 Å². The molecule has 0 saturated heterocycles. The summed E-state index contributed by atoms with van der Waals surface area (Å²) in [7, 11) is 0. The Morgan fingerprint density at radius 2 is 1.11 bits per heavy atom. The number of benzene rings is 1. The molecule has 0 saturated carbocycles. The molecule has 0 spiro atoms. The van der Waals surface area contributed by atoms with E-state index in [9.17, 15) is 3.02 Å². The molecule has 0 aliphatic rings. The number of rotatable bonds is 3. The first-order valence-corrected chi connectivity index (χ1v) is 9.65. The second-order valence-corrected chi connectivity index (χ2v) is 8.17. The third-order valence-electron chi connectivity index (χ3n) is 2.13. The van der Waals surface area contributed by atoms with Gasteiger partial charge < -0.3 is 43.8 Å². The molecule has 1 heterocycles. The van der Waals surface area contributed by atoms with Crippen LogP contribution in [0.5, 0.6) is 0 Å². The smallest absolute Gasteiger partial charge is 0.412 e. The summed E-state index contributed by atoms with van der Waals surface area (Å²) < 4.78 is 29.2. The predicted molar refractivity (Wildman–Crippen MR) is 97.8 cm³/mol. The van der Waals surface area contributed by atoms with E-state index in [4.69, 9.17) is 18.2 Å². The molecule has 0 aliphatic carbocycles. The molecule has 0 atom stereocenters. The van der Waals surface area contributed by atoms with E-state index in [1.165, 1.54) is 24.3 Å². The fraction of sp³-hybridized carbons (Fsp3) is 0. The van der Waals surface area contributed by atoms with E-state index in [2.05, 4.69) is 20.3 Å². The predicted octanol–water partition coefficient (Wildman–Crippen LogP) is -11.3. The number of aromatic nitrogens is 3. The molecule has 0 radical (unpaired) electrons. The van der Waals surface area contributed by atoms with Crippen molar-refractivity contribution < 1.29 is 83.2 Å². The standard InChI is InChI=1S/C9H9N6.Na.10H2O.O.Sb/c10-7-13-8(11)15-9(14-7)12-6-4-2-1-3-5-6;;;;;;;;;;;;;/h2-5H,(H5,10,11,12,13,14,15);;10*1H2;;/q;+1;;;;;;;;;;;;+2/p-2. The summed E-state index contributed by atoms with van der Waals surface area (Å²) in [5.74, 6) is 0.111. The fourth-order valence-corrected chi connectivity index (χ4v) is 2.87. The number of nitrogen functional groups attached to an aromatic ring is 2. The van der Waals surface area contributed by atoms with Gasteiger partial charge in [-0.25, -0.2) is 0 Å². The van der Waals surface area contributed by atoms with Crippen LogP contribution in [0.4, 0.5) is 23.5 Å². The van der Waals surface area contributed by atoms with Crippen LogP contribution in [0, 0.1) is 0 Å². The van der Waals surface area contributed by atoms with Gasteiger partial charge in [0.1, 0.15) is 0 Å². The van der Waals surface area contributed by atoms with Crippen molar-refractivity contribution in [1.82, 2.24) is 15.0 Å². The van der Waals surface area contributed by atoms with Gasteiger partial charge in [-0.1, -0.05) is 0 Å². The molecule has 0 unspecified atom stereocenters. The largest absolute Gasteiger partial charge is 1.00 e. The van der Waals surface area contributed by atoms with Gasteiger partial charge in [-0.05, 0) is 0 Å². The van der Waals surface area contributed by atoms with Crippen molar-refractivity contribution in [1.29, 1.82) is 0 Å². The molecule has 0 fully saturated rings. The molecule has 1 aromatic heterocycles. The topological polar surface area (TPSA) is 412 Å². The van der Waals surface area contributed by atoms with Crippen LogP contribution in [-0.4, -0.2) is 85.2 Å². The van der Waals surface area contributed by atoms with Gasteiger partial charge in [0, 0.05) is 0 Å². The third kappa shape index (κ3) is 14.9. The Hall–Kier alpha value is -1.15. The molecule has 2 rings (SSSR count). The maximum atomic E-state index is 11.1. The zero-order valence-corrected chi connectivity index (χ0v) is 19.1. The van der Waals surface area contributed by atoms with Crippen LogP contribution in [0.1, 0.15) is 0 Å². The second kappa shape index (κ2) is 20.6. The molecular weight excluding hydrogens is 513 g/mol. The van der Waals surface area contributed by atoms with Gasteiger partial charge in [0.2, 0.25) is 0 Å². The molecule has 2 aromatic rings. The molecule has 19 heteroatoms. The number of nitrogens with zero attached hydrogens (tertiary/aromatic N) is 3. The fourth-order valence-electron chi connectivity index (χ4n) is 1.33. The molecule has 0 amide bonds. The van der Waals surface area contributed by atoms with Crippen LogP contribution in [0.25, 0.3) is 0 Å². The second-order valence-electron chi connectivity index (χ2n) is 3.59. The number of hydrogen-bond acceptors (Lipinski definition) is 7. The molecular formula is C9H27N6NaO11Sb+. The zero-order valence-electron chi connectivity index (χ0n) is 14.6. The van der Waals surface area contributed by atoms with E-state index >= 15 is 0 Å². The van der Waals surface area contributed by atoms with Crippen LogP contribution in [0.2, 0.25) is 0 Å². The number of nitrogens with one attached hydrogen (secondary N) is 1. The van der Waals surface area contributed by atoms with E-state index in [1.807, 2.05) is 0 Å². The summed E-state index contributed by atoms with van der Waals surface area (Å²) >= 11 is -5.14. The van der Waals surface area contributed by atoms with E-state index in [1.54, 1.807) is 0 Å². The summed E-state index contributed by atoms with van der Waals surface area (Å²) in [5.41, 5.74) is 11.4. The van der Waals surface area contributed by atoms with Gasteiger partial charge in [-0.2, -0.15) is 0 Å². The minimum absolute atomic E-state index is 0. The Labute approximate surface area is 185 Å². The van der Waals surface area contributed by atoms with Crippen molar-refractivity contribution in [2.24, 2.45) is 0 Å². The van der Waals surface area contributed by atoms with Crippen molar-refractivity contribution in [3.8, 4) is 0 Å². The normalized spacial score (nSPS) is 7.64. The van der Waals surface area contributed by atoms with Gasteiger partial charge in [0.15, 0.2) is 0 Å². The van der Waals surface area contributed by atoms with E-state index in [-0.39, 0.29) is 94.7 Å². The number of nitrogens with two attached hydrogens (primary N) is 2. The minimum atomic E-state index is -5.14. The number of anilines is 4. The molecule has 0 aliphatic heterocycles. The van der Waals surface area contributed by atoms with Crippen molar-refractivity contribution in [2.75, 3.05) is 16.8 Å². The Morgan fingerprint density at radius 1 is 0.750 bits per heavy atom. The van der Waals surface area contributed by atoms with Gasteiger partial charge in [0.05, 0.1) is 0 Å². The SMILES string of the molecule is Nc1nc(N)nc(Nc2cc[c]([Sb](=[O])([OH])[OH])cc2)n1.O.O.O.O.O.O.O.O.[Na+]. The van der Waals surface area contributed by atoms with Gasteiger partial charge in [0.25, 0.3) is 0 Å². The average molecular weight is 540 g/mol. The summed E-state index contributed by atoms with van der Waals surface area (Å²) in [5, 5.41) is 2.80. The van der Waals surface area contributed by atoms with Crippen LogP contribution in [0.15, 0.2) is 24.3 Å². The van der Waals surface area contributed by atoms with E-state index in [0.717, 1.165) is 0 Å². The molecule has 17 nitrogen and oxygen atoms in total. The van der Waals surface area contributed by atoms with Gasteiger partial charge >= 0.3 is 142 Å². The van der Waals surface area contributed by atoms with Crippen molar-refractivity contribution in [3.05, 3.63) is 24.3 Å². The van der Waals surface area contributed by atoms with E-state index < -0.39 is 19.6 Å². The molecule has 0 bridgehead atoms. The maximum absolute atomic E-state index is 11.1. The summed E-state index contributed by atoms with van der Waals surface area (Å²) in [6.07, 6.45) is 0. The Kier molecular flexibility index (Phi) is 37.1. The Balaban J connectivity index is -0.0000000741. The monoisotopic (exact) mass is 539 g/mol. The molecule has 23 N–H and O–H groups in total. The summed E-state index contributed by atoms with van der Waals surface area (Å²) in [6, 6.07) is 5.68. The Morgan fingerprint density at radius 3 is 1.43 bits per heavy atom. The first-order chi connectivity index (χ1) is 8.84. The van der Waals surface area contributed by atoms with Crippen molar-refractivity contribution in [2.45, 2.75) is 0 Å². The van der Waals surface area contributed by atoms with E-state index in [0.29, 0.717) is 5.69 Å². The van der Waals surface area contributed by atoms with Crippen LogP contribution in [0.3, 0.4) is 0 Å². The summed E-state index contributed by atoms with van der Waals surface area (Å²) in [4.78, 5) is 11.3. The van der Waals surface area contributed by atoms with Crippen LogP contribution < -0.4 is 49.9 Å². The maximum Gasteiger partial charge on any atom is 1.00 e. The third-order valence-corrected chi connectivity index (χ3v) is 4.90.